The molecule has 0 saturated carbocycles. The zero-order valence-electron chi connectivity index (χ0n) is 9.17. The molecule has 6 heteroatoms. The number of nitro benzene ring substituents is 1. The Labute approximate surface area is 103 Å². The van der Waals surface area contributed by atoms with Crippen LogP contribution in [0.4, 0.5) is 11.4 Å². The Balaban J connectivity index is 2.37. The molecule has 1 saturated heterocycles. The molecule has 0 aliphatic carbocycles. The second kappa shape index (κ2) is 5.18. The van der Waals surface area contributed by atoms with Crippen molar-refractivity contribution >= 4 is 29.4 Å². The van der Waals surface area contributed by atoms with Gasteiger partial charge in [0.15, 0.2) is 0 Å². The molecule has 0 spiro atoms. The van der Waals surface area contributed by atoms with E-state index in [9.17, 15) is 14.9 Å². The SMILES string of the molecule is O=Cc1ccc(N2CCSCC2)c([N+](=O)[O-])c1. The smallest absolute Gasteiger partial charge is 0.293 e. The van der Waals surface area contributed by atoms with E-state index in [4.69, 9.17) is 0 Å². The summed E-state index contributed by atoms with van der Waals surface area (Å²) in [5.41, 5.74) is 0.967. The third-order valence-corrected chi connectivity index (χ3v) is 3.63. The molecule has 17 heavy (non-hydrogen) atoms. The summed E-state index contributed by atoms with van der Waals surface area (Å²) >= 11 is 1.85. The fourth-order valence-corrected chi connectivity index (χ4v) is 2.73. The first-order valence-corrected chi connectivity index (χ1v) is 6.44. The summed E-state index contributed by atoms with van der Waals surface area (Å²) in [5.74, 6) is 1.96. The fourth-order valence-electron chi connectivity index (χ4n) is 1.83. The van der Waals surface area contributed by atoms with Gasteiger partial charge in [-0.3, -0.25) is 14.9 Å². The Morgan fingerprint density at radius 1 is 1.35 bits per heavy atom. The Morgan fingerprint density at radius 3 is 2.65 bits per heavy atom. The van der Waals surface area contributed by atoms with E-state index in [-0.39, 0.29) is 5.69 Å². The van der Waals surface area contributed by atoms with Crippen LogP contribution in [0.1, 0.15) is 10.4 Å². The number of rotatable bonds is 3. The van der Waals surface area contributed by atoms with Crippen molar-refractivity contribution in [2.75, 3.05) is 29.5 Å². The third-order valence-electron chi connectivity index (χ3n) is 2.68. The molecule has 0 atom stereocenters. The highest BCUT2D eigenvalue weighted by Gasteiger charge is 2.21. The Morgan fingerprint density at radius 2 is 2.06 bits per heavy atom. The molecule has 0 radical (unpaired) electrons. The molecular formula is C11H12N2O3S. The summed E-state index contributed by atoms with van der Waals surface area (Å²) < 4.78 is 0. The number of carbonyl (C=O) groups is 1. The topological polar surface area (TPSA) is 63.5 Å². The molecule has 1 heterocycles. The number of hydrogen-bond acceptors (Lipinski definition) is 5. The highest BCUT2D eigenvalue weighted by molar-refractivity contribution is 7.99. The average molecular weight is 252 g/mol. The van der Waals surface area contributed by atoms with E-state index < -0.39 is 4.92 Å². The van der Waals surface area contributed by atoms with Crippen LogP contribution in [0, 0.1) is 10.1 Å². The van der Waals surface area contributed by atoms with E-state index in [0.717, 1.165) is 24.6 Å². The Kier molecular flexibility index (Phi) is 3.63. The highest BCUT2D eigenvalue weighted by Crippen LogP contribution is 2.30. The standard InChI is InChI=1S/C11H12N2O3S/c14-8-9-1-2-10(11(7-9)13(15)16)12-3-5-17-6-4-12/h1-2,7-8H,3-6H2. The second-order valence-electron chi connectivity index (χ2n) is 3.72. The van der Waals surface area contributed by atoms with Crippen LogP contribution in [0.15, 0.2) is 18.2 Å². The Bertz CT molecular complexity index is 444. The molecule has 1 aromatic carbocycles. The Hall–Kier alpha value is -1.56. The lowest BCUT2D eigenvalue weighted by molar-refractivity contribution is -0.384. The van der Waals surface area contributed by atoms with Gasteiger partial charge >= 0.3 is 0 Å². The van der Waals surface area contributed by atoms with Crippen molar-refractivity contribution in [3.05, 3.63) is 33.9 Å². The van der Waals surface area contributed by atoms with Crippen molar-refractivity contribution in [1.82, 2.24) is 0 Å². The van der Waals surface area contributed by atoms with Crippen LogP contribution in [0.5, 0.6) is 0 Å². The van der Waals surface area contributed by atoms with Crippen LogP contribution in [-0.4, -0.2) is 35.8 Å². The third kappa shape index (κ3) is 2.58. The van der Waals surface area contributed by atoms with E-state index in [1.54, 1.807) is 12.1 Å². The van der Waals surface area contributed by atoms with Gasteiger partial charge in [0.1, 0.15) is 12.0 Å². The molecule has 1 aromatic rings. The van der Waals surface area contributed by atoms with Crippen LogP contribution < -0.4 is 4.90 Å². The second-order valence-corrected chi connectivity index (χ2v) is 4.95. The first-order valence-electron chi connectivity index (χ1n) is 5.28. The van der Waals surface area contributed by atoms with Crippen LogP contribution in [-0.2, 0) is 0 Å². The quantitative estimate of drug-likeness (QED) is 0.467. The van der Waals surface area contributed by atoms with Crippen molar-refractivity contribution in [2.45, 2.75) is 0 Å². The molecule has 0 unspecified atom stereocenters. The molecule has 0 N–H and O–H groups in total. The molecule has 1 aliphatic heterocycles. The van der Waals surface area contributed by atoms with E-state index >= 15 is 0 Å². The minimum Gasteiger partial charge on any atom is -0.364 e. The molecule has 0 aromatic heterocycles. The number of carbonyl (C=O) groups excluding carboxylic acids is 1. The minimum atomic E-state index is -0.427. The van der Waals surface area contributed by atoms with Crippen LogP contribution in [0.3, 0.4) is 0 Å². The summed E-state index contributed by atoms with van der Waals surface area (Å²) in [5, 5.41) is 11.0. The van der Waals surface area contributed by atoms with Gasteiger partial charge in [0.05, 0.1) is 4.92 Å². The highest BCUT2D eigenvalue weighted by atomic mass is 32.2. The molecule has 90 valence electrons. The van der Waals surface area contributed by atoms with E-state index in [0.29, 0.717) is 17.5 Å². The molecule has 0 amide bonds. The summed E-state index contributed by atoms with van der Waals surface area (Å²) in [6.07, 6.45) is 0.628. The van der Waals surface area contributed by atoms with Gasteiger partial charge < -0.3 is 4.90 Å². The lowest BCUT2D eigenvalue weighted by atomic mass is 10.1. The maximum absolute atomic E-state index is 11.0. The van der Waals surface area contributed by atoms with E-state index in [2.05, 4.69) is 0 Å². The number of thioether (sulfide) groups is 1. The van der Waals surface area contributed by atoms with Crippen LogP contribution >= 0.6 is 11.8 Å². The maximum atomic E-state index is 11.0. The normalized spacial score (nSPS) is 15.6. The zero-order valence-corrected chi connectivity index (χ0v) is 9.98. The molecule has 5 nitrogen and oxygen atoms in total. The average Bonchev–Trinajstić information content (AvgIpc) is 2.39. The minimum absolute atomic E-state index is 0.0153. The molecular weight excluding hydrogens is 240 g/mol. The van der Waals surface area contributed by atoms with Gasteiger partial charge in [0.2, 0.25) is 0 Å². The van der Waals surface area contributed by atoms with Crippen molar-refractivity contribution in [1.29, 1.82) is 0 Å². The fraction of sp³-hybridized carbons (Fsp3) is 0.364. The number of nitro groups is 1. The zero-order chi connectivity index (χ0) is 12.3. The van der Waals surface area contributed by atoms with Crippen molar-refractivity contribution in [3.63, 3.8) is 0 Å². The van der Waals surface area contributed by atoms with Gasteiger partial charge in [-0.15, -0.1) is 0 Å². The maximum Gasteiger partial charge on any atom is 0.293 e. The van der Waals surface area contributed by atoms with Gasteiger partial charge in [-0.1, -0.05) is 0 Å². The first-order chi connectivity index (χ1) is 8.22. The van der Waals surface area contributed by atoms with Crippen LogP contribution in [0.2, 0.25) is 0 Å². The van der Waals surface area contributed by atoms with Crippen molar-refractivity contribution in [2.24, 2.45) is 0 Å². The molecule has 0 bridgehead atoms. The summed E-state index contributed by atoms with van der Waals surface area (Å²) in [4.78, 5) is 23.2. The predicted octanol–water partition coefficient (Wildman–Crippen LogP) is 1.96. The lowest BCUT2D eigenvalue weighted by Crippen LogP contribution is -2.32. The number of anilines is 1. The number of aldehydes is 1. The van der Waals surface area contributed by atoms with Crippen molar-refractivity contribution < 1.29 is 9.72 Å². The number of nitrogens with zero attached hydrogens (tertiary/aromatic N) is 2. The monoisotopic (exact) mass is 252 g/mol. The van der Waals surface area contributed by atoms with Gasteiger partial charge in [0.25, 0.3) is 5.69 Å². The van der Waals surface area contributed by atoms with E-state index in [1.807, 2.05) is 16.7 Å². The van der Waals surface area contributed by atoms with Gasteiger partial charge in [-0.05, 0) is 12.1 Å². The summed E-state index contributed by atoms with van der Waals surface area (Å²) in [6.45, 7) is 1.62. The van der Waals surface area contributed by atoms with Gasteiger partial charge in [-0.25, -0.2) is 0 Å². The number of hydrogen-bond donors (Lipinski definition) is 0. The van der Waals surface area contributed by atoms with Gasteiger partial charge in [-0.2, -0.15) is 11.8 Å². The summed E-state index contributed by atoms with van der Waals surface area (Å²) in [7, 11) is 0. The largest absolute Gasteiger partial charge is 0.364 e. The lowest BCUT2D eigenvalue weighted by Gasteiger charge is -2.28. The first kappa shape index (κ1) is 11.9. The van der Waals surface area contributed by atoms with E-state index in [1.165, 1.54) is 6.07 Å². The molecule has 1 fully saturated rings. The molecule has 2 rings (SSSR count). The van der Waals surface area contributed by atoms with Gasteiger partial charge in [0, 0.05) is 36.2 Å². The van der Waals surface area contributed by atoms with Crippen LogP contribution in [0.25, 0.3) is 0 Å². The molecule has 1 aliphatic rings. The number of benzene rings is 1. The summed E-state index contributed by atoms with van der Waals surface area (Å²) in [6, 6.07) is 4.62. The predicted molar refractivity (Wildman–Crippen MR) is 68.0 cm³/mol. The van der Waals surface area contributed by atoms with Crippen molar-refractivity contribution in [3.8, 4) is 0 Å².